The van der Waals surface area contributed by atoms with Gasteiger partial charge < -0.3 is 4.55 Å². The van der Waals surface area contributed by atoms with E-state index in [1.165, 1.54) is 12.1 Å². The van der Waals surface area contributed by atoms with Crippen LogP contribution in [0.3, 0.4) is 0 Å². The normalized spacial score (nSPS) is 11.4. The van der Waals surface area contributed by atoms with Crippen LogP contribution in [0.5, 0.6) is 0 Å². The predicted octanol–water partition coefficient (Wildman–Crippen LogP) is 3.45. The van der Waals surface area contributed by atoms with E-state index in [0.29, 0.717) is 8.96 Å². The molecule has 0 saturated carbocycles. The molecule has 9 heteroatoms. The Bertz CT molecular complexity index is 859. The first-order chi connectivity index (χ1) is 11.3. The van der Waals surface area contributed by atoms with Gasteiger partial charge in [0.1, 0.15) is 15.8 Å². The molecule has 2 aromatic carbocycles. The van der Waals surface area contributed by atoms with E-state index in [1.54, 1.807) is 24.3 Å². The molecule has 2 aromatic rings. The van der Waals surface area contributed by atoms with Crippen molar-refractivity contribution in [1.82, 2.24) is 4.48 Å². The summed E-state index contributed by atoms with van der Waals surface area (Å²) in [5.74, 6) is 0. The number of nitrogens with zero attached hydrogens (tertiary/aromatic N) is 2. The van der Waals surface area contributed by atoms with Crippen molar-refractivity contribution >= 4 is 37.4 Å². The Kier molecular flexibility index (Phi) is 6.83. The summed E-state index contributed by atoms with van der Waals surface area (Å²) in [6.45, 7) is 1.82. The Morgan fingerprint density at radius 3 is 1.96 bits per heavy atom. The summed E-state index contributed by atoms with van der Waals surface area (Å²) in [6.07, 6.45) is 0. The number of hydrogen-bond donors (Lipinski definition) is 0. The molecule has 0 heterocycles. The molecule has 0 amide bonds. The molecule has 0 aliphatic carbocycles. The maximum Gasteiger partial charge on any atom is 0.289 e. The van der Waals surface area contributed by atoms with Gasteiger partial charge in [-0.15, -0.1) is 0 Å². The van der Waals surface area contributed by atoms with Crippen LogP contribution in [0.1, 0.15) is 5.56 Å². The van der Waals surface area contributed by atoms with Gasteiger partial charge in [-0.2, -0.15) is 0 Å². The Hall–Kier alpha value is -1.81. The number of benzene rings is 2. The zero-order valence-electron chi connectivity index (χ0n) is 14.3. The van der Waals surface area contributed by atoms with Gasteiger partial charge in [0, 0.05) is 6.07 Å². The molecule has 2 rings (SSSR count). The fraction of sp³-hybridized carbons (Fsp3) is 0.250. The Morgan fingerprint density at radius 2 is 1.56 bits per heavy atom. The highest BCUT2D eigenvalue weighted by Gasteiger charge is 2.19. The van der Waals surface area contributed by atoms with Gasteiger partial charge in [0.2, 0.25) is 0 Å². The van der Waals surface area contributed by atoms with Crippen LogP contribution in [-0.4, -0.2) is 39.0 Å². The van der Waals surface area contributed by atoms with Gasteiger partial charge in [-0.1, -0.05) is 17.7 Å². The van der Waals surface area contributed by atoms with E-state index in [1.807, 2.05) is 34.1 Å². The van der Waals surface area contributed by atoms with Crippen LogP contribution in [0.15, 0.2) is 51.8 Å². The van der Waals surface area contributed by atoms with E-state index in [-0.39, 0.29) is 15.5 Å². The van der Waals surface area contributed by atoms with Crippen LogP contribution < -0.4 is 4.48 Å². The van der Waals surface area contributed by atoms with Crippen molar-refractivity contribution in [2.45, 2.75) is 11.8 Å². The van der Waals surface area contributed by atoms with Gasteiger partial charge in [-0.05, 0) is 41.1 Å². The standard InChI is InChI=1S/C9H12BrN2O2.C7H8O3S/c1-12(2,3)7-4-5-8(10)9(6-7)11(13)14;1-6-2-4-7(5-3-6)11(8,9)10/h4-6H,1-3H3;2-5H,1H3,(H,8,9,10)/q+1;/p-1. The Labute approximate surface area is 155 Å². The van der Waals surface area contributed by atoms with Gasteiger partial charge in [-0.25, -0.2) is 8.42 Å². The summed E-state index contributed by atoms with van der Waals surface area (Å²) >= 11 is 3.15. The minimum atomic E-state index is -4.27. The highest BCUT2D eigenvalue weighted by atomic mass is 79.9. The zero-order chi connectivity index (χ0) is 19.4. The fourth-order valence-electron chi connectivity index (χ4n) is 1.76. The first-order valence-electron chi connectivity index (χ1n) is 7.11. The van der Waals surface area contributed by atoms with Gasteiger partial charge in [0.15, 0.2) is 0 Å². The molecule has 0 unspecified atom stereocenters. The molecule has 0 aliphatic heterocycles. The third kappa shape index (κ3) is 6.54. The Balaban J connectivity index is 0.000000257. The molecule has 7 nitrogen and oxygen atoms in total. The summed E-state index contributed by atoms with van der Waals surface area (Å²) in [6, 6.07) is 10.9. The van der Waals surface area contributed by atoms with Crippen molar-refractivity contribution in [3.8, 4) is 0 Å². The topological polar surface area (TPSA) is 100 Å². The van der Waals surface area contributed by atoms with E-state index in [9.17, 15) is 23.1 Å². The van der Waals surface area contributed by atoms with Crippen molar-refractivity contribution in [1.29, 1.82) is 0 Å². The minimum absolute atomic E-state index is 0.107. The lowest BCUT2D eigenvalue weighted by Crippen LogP contribution is -2.34. The molecule has 0 atom stereocenters. The molecule has 0 aromatic heterocycles. The number of halogens is 1. The largest absolute Gasteiger partial charge is 0.744 e. The van der Waals surface area contributed by atoms with Crippen LogP contribution in [-0.2, 0) is 10.1 Å². The lowest BCUT2D eigenvalue weighted by molar-refractivity contribution is -0.385. The molecule has 0 aliphatic rings. The quantitative estimate of drug-likeness (QED) is 0.321. The smallest absolute Gasteiger partial charge is 0.289 e. The SMILES string of the molecule is C[N+](C)(C)c1ccc(Br)c([N+](=O)[O-])c1.Cc1ccc(S(=O)(=O)[O-])cc1. The second kappa shape index (κ2) is 8.05. The molecule has 0 saturated heterocycles. The van der Waals surface area contributed by atoms with Crippen molar-refractivity contribution in [2.24, 2.45) is 0 Å². The van der Waals surface area contributed by atoms with E-state index >= 15 is 0 Å². The highest BCUT2D eigenvalue weighted by Crippen LogP contribution is 2.30. The molecule has 0 radical (unpaired) electrons. The van der Waals surface area contributed by atoms with Crippen molar-refractivity contribution in [2.75, 3.05) is 21.1 Å². The molecule has 136 valence electrons. The average Bonchev–Trinajstić information content (AvgIpc) is 2.46. The first-order valence-corrected chi connectivity index (χ1v) is 9.31. The average molecular weight is 431 g/mol. The van der Waals surface area contributed by atoms with Crippen molar-refractivity contribution in [3.63, 3.8) is 0 Å². The van der Waals surface area contributed by atoms with E-state index in [2.05, 4.69) is 15.9 Å². The molecule has 0 fully saturated rings. The third-order valence-corrected chi connectivity index (χ3v) is 4.73. The van der Waals surface area contributed by atoms with E-state index < -0.39 is 10.1 Å². The van der Waals surface area contributed by atoms with Crippen LogP contribution in [0.4, 0.5) is 11.4 Å². The molecule has 0 bridgehead atoms. The fourth-order valence-corrected chi connectivity index (χ4v) is 2.62. The van der Waals surface area contributed by atoms with Crippen LogP contribution >= 0.6 is 15.9 Å². The van der Waals surface area contributed by atoms with Crippen LogP contribution in [0.25, 0.3) is 0 Å². The summed E-state index contributed by atoms with van der Waals surface area (Å²) in [4.78, 5) is 10.1. The lowest BCUT2D eigenvalue weighted by Gasteiger charge is -2.23. The summed E-state index contributed by atoms with van der Waals surface area (Å²) < 4.78 is 32.2. The maximum absolute atomic E-state index is 10.7. The monoisotopic (exact) mass is 430 g/mol. The second-order valence-corrected chi connectivity index (χ2v) is 8.41. The molecule has 0 spiro atoms. The predicted molar refractivity (Wildman–Crippen MR) is 99.5 cm³/mol. The summed E-state index contributed by atoms with van der Waals surface area (Å²) in [5.41, 5.74) is 1.94. The number of aryl methyl sites for hydroxylation is 1. The number of nitro benzene ring substituents is 1. The van der Waals surface area contributed by atoms with Gasteiger partial charge in [-0.3, -0.25) is 14.6 Å². The van der Waals surface area contributed by atoms with E-state index in [0.717, 1.165) is 11.3 Å². The van der Waals surface area contributed by atoms with Crippen LogP contribution in [0.2, 0.25) is 0 Å². The summed E-state index contributed by atoms with van der Waals surface area (Å²) in [5, 5.41) is 10.7. The molecule has 25 heavy (non-hydrogen) atoms. The van der Waals surface area contributed by atoms with Crippen molar-refractivity contribution in [3.05, 3.63) is 62.6 Å². The van der Waals surface area contributed by atoms with Crippen molar-refractivity contribution < 1.29 is 17.9 Å². The number of hydrogen-bond acceptors (Lipinski definition) is 5. The second-order valence-electron chi connectivity index (χ2n) is 6.17. The number of rotatable bonds is 3. The van der Waals surface area contributed by atoms with E-state index in [4.69, 9.17) is 0 Å². The van der Waals surface area contributed by atoms with Gasteiger partial charge in [0.25, 0.3) is 5.69 Å². The molecular weight excluding hydrogens is 412 g/mol. The number of nitro groups is 1. The zero-order valence-corrected chi connectivity index (χ0v) is 16.7. The molecular formula is C16H19BrN2O5S. The maximum atomic E-state index is 10.7. The number of quaternary nitrogens is 1. The van der Waals surface area contributed by atoms with Gasteiger partial charge >= 0.3 is 0 Å². The van der Waals surface area contributed by atoms with Crippen LogP contribution in [0, 0.1) is 17.0 Å². The third-order valence-electron chi connectivity index (χ3n) is 3.21. The lowest BCUT2D eigenvalue weighted by atomic mass is 10.2. The van der Waals surface area contributed by atoms with Gasteiger partial charge in [0.05, 0.1) is 41.5 Å². The first kappa shape index (κ1) is 21.2. The highest BCUT2D eigenvalue weighted by molar-refractivity contribution is 9.10. The minimum Gasteiger partial charge on any atom is -0.744 e. The summed E-state index contributed by atoms with van der Waals surface area (Å²) in [7, 11) is 1.63. The molecule has 0 N–H and O–H groups in total. The Morgan fingerprint density at radius 1 is 1.04 bits per heavy atom.